The maximum atomic E-state index is 12.0. The van der Waals surface area contributed by atoms with Crippen LogP contribution in [-0.4, -0.2) is 9.78 Å². The summed E-state index contributed by atoms with van der Waals surface area (Å²) in [5.74, 6) is 0. The van der Waals surface area contributed by atoms with Gasteiger partial charge in [-0.15, -0.1) is 11.3 Å². The first-order valence-corrected chi connectivity index (χ1v) is 7.83. The number of aryl methyl sites for hydroxylation is 2. The van der Waals surface area contributed by atoms with Gasteiger partial charge in [0.15, 0.2) is 0 Å². The van der Waals surface area contributed by atoms with Crippen LogP contribution in [0.1, 0.15) is 23.8 Å². The Bertz CT molecular complexity index is 621. The molecular formula is C13H16BrN3OS. The number of nitrogens with zero attached hydrogens (tertiary/aromatic N) is 2. The summed E-state index contributed by atoms with van der Waals surface area (Å²) in [5, 5.41) is 9.49. The van der Waals surface area contributed by atoms with Crippen LogP contribution in [0.15, 0.2) is 26.9 Å². The van der Waals surface area contributed by atoms with Gasteiger partial charge in [-0.1, -0.05) is 6.92 Å². The minimum atomic E-state index is -0.0882. The number of thiophene rings is 1. The monoisotopic (exact) mass is 341 g/mol. The third-order valence-electron chi connectivity index (χ3n) is 2.83. The molecule has 2 aromatic heterocycles. The lowest BCUT2D eigenvalue weighted by Crippen LogP contribution is -2.24. The van der Waals surface area contributed by atoms with Gasteiger partial charge < -0.3 is 5.32 Å². The molecule has 0 bridgehead atoms. The Hall–Kier alpha value is -1.14. The molecule has 0 aliphatic rings. The number of hydrogen-bond acceptors (Lipinski definition) is 4. The fourth-order valence-corrected chi connectivity index (χ4v) is 3.01. The zero-order valence-electron chi connectivity index (χ0n) is 10.9. The van der Waals surface area contributed by atoms with Crippen LogP contribution in [0.5, 0.6) is 0 Å². The van der Waals surface area contributed by atoms with Gasteiger partial charge in [0.25, 0.3) is 5.56 Å². The van der Waals surface area contributed by atoms with Crippen molar-refractivity contribution in [3.8, 4) is 0 Å². The first-order chi connectivity index (χ1) is 9.13. The van der Waals surface area contributed by atoms with E-state index in [9.17, 15) is 4.79 Å². The molecule has 0 aliphatic heterocycles. The van der Waals surface area contributed by atoms with Gasteiger partial charge in [0, 0.05) is 18.0 Å². The van der Waals surface area contributed by atoms with Crippen LogP contribution in [0.2, 0.25) is 0 Å². The molecule has 0 saturated heterocycles. The van der Waals surface area contributed by atoms with Gasteiger partial charge in [0.1, 0.15) is 4.47 Å². The molecule has 0 spiro atoms. The Kier molecular flexibility index (Phi) is 4.76. The van der Waals surface area contributed by atoms with Gasteiger partial charge in [-0.05, 0) is 46.3 Å². The number of anilines is 1. The molecule has 4 nitrogen and oxygen atoms in total. The van der Waals surface area contributed by atoms with E-state index in [1.54, 1.807) is 17.5 Å². The van der Waals surface area contributed by atoms with E-state index in [0.717, 1.165) is 12.1 Å². The van der Waals surface area contributed by atoms with Crippen molar-refractivity contribution in [1.29, 1.82) is 0 Å². The largest absolute Gasteiger partial charge is 0.378 e. The number of rotatable bonds is 5. The Labute approximate surface area is 124 Å². The molecule has 0 saturated carbocycles. The summed E-state index contributed by atoms with van der Waals surface area (Å²) in [6.07, 6.45) is 2.59. The standard InChI is InChI=1S/C13H16BrN3OS/c1-3-5-17-13(18)12(14)10(7-16-17)15-8-11-9(2)4-6-19-11/h4,6-7,15H,3,5,8H2,1-2H3. The smallest absolute Gasteiger partial charge is 0.283 e. The van der Waals surface area contributed by atoms with E-state index in [1.165, 1.54) is 15.1 Å². The van der Waals surface area contributed by atoms with Crippen LogP contribution in [0.4, 0.5) is 5.69 Å². The molecule has 2 aromatic rings. The van der Waals surface area contributed by atoms with E-state index < -0.39 is 0 Å². The predicted octanol–water partition coefficient (Wildman–Crippen LogP) is 3.40. The molecule has 2 rings (SSSR count). The molecule has 19 heavy (non-hydrogen) atoms. The quantitative estimate of drug-likeness (QED) is 0.906. The topological polar surface area (TPSA) is 46.9 Å². The maximum Gasteiger partial charge on any atom is 0.283 e. The Morgan fingerprint density at radius 2 is 2.32 bits per heavy atom. The van der Waals surface area contributed by atoms with E-state index in [1.807, 2.05) is 6.92 Å². The molecule has 0 fully saturated rings. The molecule has 0 atom stereocenters. The third kappa shape index (κ3) is 3.25. The van der Waals surface area contributed by atoms with E-state index >= 15 is 0 Å². The minimum Gasteiger partial charge on any atom is -0.378 e. The van der Waals surface area contributed by atoms with E-state index in [2.05, 4.69) is 44.7 Å². The summed E-state index contributed by atoms with van der Waals surface area (Å²) in [5.41, 5.74) is 1.92. The molecule has 6 heteroatoms. The SMILES string of the molecule is CCCn1ncc(NCc2sccc2C)c(Br)c1=O. The van der Waals surface area contributed by atoms with Crippen LogP contribution in [0.25, 0.3) is 0 Å². The summed E-state index contributed by atoms with van der Waals surface area (Å²) in [6.45, 7) is 5.45. The Morgan fingerprint density at radius 1 is 1.53 bits per heavy atom. The summed E-state index contributed by atoms with van der Waals surface area (Å²) in [6, 6.07) is 2.09. The van der Waals surface area contributed by atoms with Crippen molar-refractivity contribution in [2.75, 3.05) is 5.32 Å². The molecule has 0 aliphatic carbocycles. The second-order valence-corrected chi connectivity index (χ2v) is 6.07. The van der Waals surface area contributed by atoms with Gasteiger partial charge >= 0.3 is 0 Å². The zero-order chi connectivity index (χ0) is 13.8. The minimum absolute atomic E-state index is 0.0882. The van der Waals surface area contributed by atoms with Crippen LogP contribution in [0.3, 0.4) is 0 Å². The molecule has 102 valence electrons. The zero-order valence-corrected chi connectivity index (χ0v) is 13.3. The molecule has 0 amide bonds. The average Bonchev–Trinajstić information content (AvgIpc) is 2.80. The second kappa shape index (κ2) is 6.34. The summed E-state index contributed by atoms with van der Waals surface area (Å²) in [4.78, 5) is 13.3. The average molecular weight is 342 g/mol. The summed E-state index contributed by atoms with van der Waals surface area (Å²) >= 11 is 5.06. The molecule has 0 aromatic carbocycles. The molecule has 1 N–H and O–H groups in total. The van der Waals surface area contributed by atoms with Gasteiger partial charge in [-0.25, -0.2) is 4.68 Å². The maximum absolute atomic E-state index is 12.0. The predicted molar refractivity (Wildman–Crippen MR) is 82.9 cm³/mol. The Morgan fingerprint density at radius 3 is 2.95 bits per heavy atom. The fraction of sp³-hybridized carbons (Fsp3) is 0.385. The normalized spacial score (nSPS) is 10.7. The first kappa shape index (κ1) is 14.3. The van der Waals surface area contributed by atoms with Crippen molar-refractivity contribution >= 4 is 33.0 Å². The number of nitrogens with one attached hydrogen (secondary N) is 1. The number of aromatic nitrogens is 2. The highest BCUT2D eigenvalue weighted by atomic mass is 79.9. The van der Waals surface area contributed by atoms with Crippen molar-refractivity contribution in [2.45, 2.75) is 33.4 Å². The highest BCUT2D eigenvalue weighted by Crippen LogP contribution is 2.20. The van der Waals surface area contributed by atoms with Gasteiger partial charge in [-0.3, -0.25) is 4.79 Å². The second-order valence-electron chi connectivity index (χ2n) is 4.28. The lowest BCUT2D eigenvalue weighted by Gasteiger charge is -2.09. The number of halogens is 1. The van der Waals surface area contributed by atoms with Crippen LogP contribution in [0, 0.1) is 6.92 Å². The van der Waals surface area contributed by atoms with Crippen molar-refractivity contribution in [3.05, 3.63) is 42.9 Å². The fourth-order valence-electron chi connectivity index (χ4n) is 1.72. The van der Waals surface area contributed by atoms with Crippen molar-refractivity contribution < 1.29 is 0 Å². The van der Waals surface area contributed by atoms with Crippen LogP contribution in [-0.2, 0) is 13.1 Å². The lowest BCUT2D eigenvalue weighted by atomic mass is 10.3. The number of hydrogen-bond donors (Lipinski definition) is 1. The van der Waals surface area contributed by atoms with E-state index in [4.69, 9.17) is 0 Å². The third-order valence-corrected chi connectivity index (χ3v) is 4.62. The van der Waals surface area contributed by atoms with Gasteiger partial charge in [0.2, 0.25) is 0 Å². The highest BCUT2D eigenvalue weighted by Gasteiger charge is 2.08. The van der Waals surface area contributed by atoms with E-state index in [0.29, 0.717) is 17.6 Å². The first-order valence-electron chi connectivity index (χ1n) is 6.16. The highest BCUT2D eigenvalue weighted by molar-refractivity contribution is 9.10. The lowest BCUT2D eigenvalue weighted by molar-refractivity contribution is 0.566. The molecule has 0 radical (unpaired) electrons. The van der Waals surface area contributed by atoms with Crippen LogP contribution < -0.4 is 10.9 Å². The van der Waals surface area contributed by atoms with Crippen molar-refractivity contribution in [1.82, 2.24) is 9.78 Å². The van der Waals surface area contributed by atoms with Crippen molar-refractivity contribution in [3.63, 3.8) is 0 Å². The summed E-state index contributed by atoms with van der Waals surface area (Å²) in [7, 11) is 0. The Balaban J connectivity index is 2.16. The van der Waals surface area contributed by atoms with E-state index in [-0.39, 0.29) is 5.56 Å². The van der Waals surface area contributed by atoms with Crippen LogP contribution >= 0.6 is 27.3 Å². The summed E-state index contributed by atoms with van der Waals surface area (Å²) < 4.78 is 2.02. The molecule has 2 heterocycles. The van der Waals surface area contributed by atoms with Gasteiger partial charge in [-0.2, -0.15) is 5.10 Å². The molecule has 0 unspecified atom stereocenters. The van der Waals surface area contributed by atoms with Crippen molar-refractivity contribution in [2.24, 2.45) is 0 Å². The van der Waals surface area contributed by atoms with Gasteiger partial charge in [0.05, 0.1) is 11.9 Å². The molecular weight excluding hydrogens is 326 g/mol.